The van der Waals surface area contributed by atoms with E-state index < -0.39 is 0 Å². The van der Waals surface area contributed by atoms with Crippen LogP contribution in [0.4, 0.5) is 0 Å². The van der Waals surface area contributed by atoms with Gasteiger partial charge in [0.05, 0.1) is 18.0 Å². The molecule has 3 rings (SSSR count). The maximum absolute atomic E-state index is 9.49. The predicted octanol–water partition coefficient (Wildman–Crippen LogP) is 3.69. The number of hydrogen-bond donors (Lipinski definition) is 1. The maximum Gasteiger partial charge on any atom is 0.0961 e. The van der Waals surface area contributed by atoms with E-state index in [0.29, 0.717) is 10.7 Å². The van der Waals surface area contributed by atoms with Gasteiger partial charge in [-0.2, -0.15) is 5.10 Å². The Labute approximate surface area is 122 Å². The molecule has 1 N–H and O–H groups in total. The smallest absolute Gasteiger partial charge is 0.0961 e. The number of aliphatic hydroxyl groups excluding tert-OH is 1. The number of nitrogens with zero attached hydrogens (tertiary/aromatic N) is 2. The summed E-state index contributed by atoms with van der Waals surface area (Å²) >= 11 is 5.90. The third-order valence-corrected chi connectivity index (χ3v) is 3.37. The average molecular weight is 285 g/mol. The van der Waals surface area contributed by atoms with Crippen LogP contribution in [0.15, 0.2) is 60.8 Å². The van der Waals surface area contributed by atoms with Crippen LogP contribution in [0.1, 0.15) is 5.69 Å². The normalized spacial score (nSPS) is 10.7. The summed E-state index contributed by atoms with van der Waals surface area (Å²) in [5.41, 5.74) is 3.51. The van der Waals surface area contributed by atoms with Gasteiger partial charge in [0.1, 0.15) is 0 Å². The Morgan fingerprint density at radius 1 is 1.00 bits per heavy atom. The Hall–Kier alpha value is -2.10. The molecule has 3 aromatic rings. The molecule has 0 aliphatic carbocycles. The first-order valence-corrected chi connectivity index (χ1v) is 6.66. The summed E-state index contributed by atoms with van der Waals surface area (Å²) < 4.78 is 1.77. The SMILES string of the molecule is OCc1nn(-c2ccccc2)cc1-c1ccc(Cl)cc1. The standard InChI is InChI=1S/C16H13ClN2O/c17-13-8-6-12(7-9-13)15-10-19(18-16(15)11-20)14-4-2-1-3-5-14/h1-10,20H,11H2. The van der Waals surface area contributed by atoms with E-state index in [-0.39, 0.29) is 6.61 Å². The molecule has 20 heavy (non-hydrogen) atoms. The third kappa shape index (κ3) is 2.46. The molecule has 2 aromatic carbocycles. The van der Waals surface area contributed by atoms with Crippen LogP contribution in [-0.4, -0.2) is 14.9 Å². The zero-order chi connectivity index (χ0) is 13.9. The van der Waals surface area contributed by atoms with Crippen molar-refractivity contribution in [3.63, 3.8) is 0 Å². The van der Waals surface area contributed by atoms with Crippen LogP contribution in [0.3, 0.4) is 0 Å². The molecule has 0 unspecified atom stereocenters. The highest BCUT2D eigenvalue weighted by molar-refractivity contribution is 6.30. The van der Waals surface area contributed by atoms with Gasteiger partial charge in [-0.3, -0.25) is 0 Å². The van der Waals surface area contributed by atoms with Crippen LogP contribution in [0.2, 0.25) is 5.02 Å². The molecule has 3 nitrogen and oxygen atoms in total. The predicted molar refractivity (Wildman–Crippen MR) is 79.9 cm³/mol. The van der Waals surface area contributed by atoms with Crippen molar-refractivity contribution in [3.05, 3.63) is 71.5 Å². The molecule has 0 aliphatic rings. The number of hydrogen-bond acceptors (Lipinski definition) is 2. The summed E-state index contributed by atoms with van der Waals surface area (Å²) in [6.07, 6.45) is 1.92. The molecule has 0 spiro atoms. The molecule has 4 heteroatoms. The van der Waals surface area contributed by atoms with Crippen molar-refractivity contribution in [2.24, 2.45) is 0 Å². The lowest BCUT2D eigenvalue weighted by molar-refractivity contribution is 0.276. The van der Waals surface area contributed by atoms with Gasteiger partial charge < -0.3 is 5.11 Å². The van der Waals surface area contributed by atoms with Crippen molar-refractivity contribution in [1.82, 2.24) is 9.78 Å². The lowest BCUT2D eigenvalue weighted by atomic mass is 10.1. The van der Waals surface area contributed by atoms with Gasteiger partial charge >= 0.3 is 0 Å². The highest BCUT2D eigenvalue weighted by atomic mass is 35.5. The molecule has 1 heterocycles. The van der Waals surface area contributed by atoms with Crippen LogP contribution in [-0.2, 0) is 6.61 Å². The minimum absolute atomic E-state index is 0.0994. The fraction of sp³-hybridized carbons (Fsp3) is 0.0625. The first kappa shape index (κ1) is 12.9. The Kier molecular flexibility index (Phi) is 3.54. The van der Waals surface area contributed by atoms with Crippen molar-refractivity contribution in [2.45, 2.75) is 6.61 Å². The van der Waals surface area contributed by atoms with Crippen molar-refractivity contribution >= 4 is 11.6 Å². The summed E-state index contributed by atoms with van der Waals surface area (Å²) in [5.74, 6) is 0. The molecule has 0 aliphatic heterocycles. The number of halogens is 1. The first-order chi connectivity index (χ1) is 9.78. The topological polar surface area (TPSA) is 38.1 Å². The maximum atomic E-state index is 9.49. The molecular formula is C16H13ClN2O. The van der Waals surface area contributed by atoms with E-state index in [1.165, 1.54) is 0 Å². The summed E-state index contributed by atoms with van der Waals surface area (Å²) in [7, 11) is 0. The molecule has 0 amide bonds. The van der Waals surface area contributed by atoms with E-state index in [9.17, 15) is 5.11 Å². The van der Waals surface area contributed by atoms with E-state index in [0.717, 1.165) is 16.8 Å². The lowest BCUT2D eigenvalue weighted by Gasteiger charge is -2.00. The zero-order valence-electron chi connectivity index (χ0n) is 10.7. The molecule has 0 radical (unpaired) electrons. The zero-order valence-corrected chi connectivity index (χ0v) is 11.5. The van der Waals surface area contributed by atoms with Crippen molar-refractivity contribution in [1.29, 1.82) is 0 Å². The number of rotatable bonds is 3. The summed E-state index contributed by atoms with van der Waals surface area (Å²) in [6.45, 7) is -0.0994. The van der Waals surface area contributed by atoms with E-state index in [1.54, 1.807) is 4.68 Å². The van der Waals surface area contributed by atoms with Crippen molar-refractivity contribution in [2.75, 3.05) is 0 Å². The first-order valence-electron chi connectivity index (χ1n) is 6.28. The second kappa shape index (κ2) is 5.49. The molecule has 0 saturated carbocycles. The van der Waals surface area contributed by atoms with Gasteiger partial charge in [0.25, 0.3) is 0 Å². The third-order valence-electron chi connectivity index (χ3n) is 3.12. The molecular weight excluding hydrogens is 272 g/mol. The highest BCUT2D eigenvalue weighted by Gasteiger charge is 2.11. The summed E-state index contributed by atoms with van der Waals surface area (Å²) in [5, 5.41) is 14.6. The monoisotopic (exact) mass is 284 g/mol. The minimum atomic E-state index is -0.0994. The van der Waals surface area contributed by atoms with Crippen LogP contribution < -0.4 is 0 Å². The minimum Gasteiger partial charge on any atom is -0.390 e. The average Bonchev–Trinajstić information content (AvgIpc) is 2.93. The van der Waals surface area contributed by atoms with Gasteiger partial charge in [-0.1, -0.05) is 41.9 Å². The molecule has 1 aromatic heterocycles. The van der Waals surface area contributed by atoms with Gasteiger partial charge in [0, 0.05) is 16.8 Å². The van der Waals surface area contributed by atoms with Gasteiger partial charge in [-0.15, -0.1) is 0 Å². The van der Waals surface area contributed by atoms with Crippen LogP contribution in [0, 0.1) is 0 Å². The fourth-order valence-electron chi connectivity index (χ4n) is 2.11. The molecule has 0 bridgehead atoms. The number of aromatic nitrogens is 2. The van der Waals surface area contributed by atoms with Gasteiger partial charge in [-0.05, 0) is 29.8 Å². The summed E-state index contributed by atoms with van der Waals surface area (Å²) in [4.78, 5) is 0. The Balaban J connectivity index is 2.07. The second-order valence-electron chi connectivity index (χ2n) is 4.43. The van der Waals surface area contributed by atoms with Gasteiger partial charge in [-0.25, -0.2) is 4.68 Å². The van der Waals surface area contributed by atoms with Crippen LogP contribution >= 0.6 is 11.6 Å². The number of benzene rings is 2. The highest BCUT2D eigenvalue weighted by Crippen LogP contribution is 2.26. The van der Waals surface area contributed by atoms with E-state index >= 15 is 0 Å². The molecule has 0 saturated heterocycles. The molecule has 100 valence electrons. The lowest BCUT2D eigenvalue weighted by Crippen LogP contribution is -1.95. The molecule has 0 fully saturated rings. The van der Waals surface area contributed by atoms with Crippen LogP contribution in [0.5, 0.6) is 0 Å². The van der Waals surface area contributed by atoms with Crippen LogP contribution in [0.25, 0.3) is 16.8 Å². The fourth-order valence-corrected chi connectivity index (χ4v) is 2.24. The second-order valence-corrected chi connectivity index (χ2v) is 4.87. The largest absolute Gasteiger partial charge is 0.390 e. The van der Waals surface area contributed by atoms with E-state index in [2.05, 4.69) is 5.10 Å². The van der Waals surface area contributed by atoms with E-state index in [1.807, 2.05) is 60.8 Å². The van der Waals surface area contributed by atoms with Gasteiger partial charge in [0.2, 0.25) is 0 Å². The Bertz CT molecular complexity index is 705. The van der Waals surface area contributed by atoms with E-state index in [4.69, 9.17) is 11.6 Å². The van der Waals surface area contributed by atoms with Gasteiger partial charge in [0.15, 0.2) is 0 Å². The van der Waals surface area contributed by atoms with Crippen molar-refractivity contribution < 1.29 is 5.11 Å². The molecule has 0 atom stereocenters. The quantitative estimate of drug-likeness (QED) is 0.797. The summed E-state index contributed by atoms with van der Waals surface area (Å²) in [6, 6.07) is 17.3. The number of aliphatic hydroxyl groups is 1. The Morgan fingerprint density at radius 2 is 1.70 bits per heavy atom. The van der Waals surface area contributed by atoms with Crippen molar-refractivity contribution in [3.8, 4) is 16.8 Å². The number of para-hydroxylation sites is 1. The Morgan fingerprint density at radius 3 is 2.35 bits per heavy atom.